The van der Waals surface area contributed by atoms with E-state index in [-0.39, 0.29) is 0 Å². The summed E-state index contributed by atoms with van der Waals surface area (Å²) in [4.78, 5) is 0. The average molecular weight is 282 g/mol. The topological polar surface area (TPSA) is 12.0 Å². The van der Waals surface area contributed by atoms with Gasteiger partial charge in [0.1, 0.15) is 0 Å². The molecule has 1 nitrogen and oxygen atoms in total. The highest BCUT2D eigenvalue weighted by molar-refractivity contribution is 9.10. The predicted octanol–water partition coefficient (Wildman–Crippen LogP) is 3.94. The van der Waals surface area contributed by atoms with Gasteiger partial charge in [0, 0.05) is 11.0 Å². The third-order valence-corrected chi connectivity index (χ3v) is 4.02. The molecule has 88 valence electrons. The van der Waals surface area contributed by atoms with Crippen LogP contribution < -0.4 is 5.32 Å². The molecule has 1 saturated carbocycles. The molecule has 1 aliphatic rings. The van der Waals surface area contributed by atoms with Crippen LogP contribution in [0.5, 0.6) is 0 Å². The standard InChI is InChI=1S/C14H20BrN/c1-11(9-16-10-12-4-2-5-12)13-6-3-7-14(15)8-13/h3,6-8,11-12,16H,2,4-5,9-10H2,1H3. The van der Waals surface area contributed by atoms with Crippen LogP contribution in [0, 0.1) is 5.92 Å². The van der Waals surface area contributed by atoms with Crippen LogP contribution in [-0.4, -0.2) is 13.1 Å². The van der Waals surface area contributed by atoms with Crippen LogP contribution in [0.2, 0.25) is 0 Å². The molecule has 0 aromatic heterocycles. The van der Waals surface area contributed by atoms with Gasteiger partial charge in [-0.15, -0.1) is 0 Å². The van der Waals surface area contributed by atoms with E-state index in [0.29, 0.717) is 5.92 Å². The van der Waals surface area contributed by atoms with E-state index in [2.05, 4.69) is 52.4 Å². The number of halogens is 1. The van der Waals surface area contributed by atoms with Crippen molar-refractivity contribution in [3.63, 3.8) is 0 Å². The van der Waals surface area contributed by atoms with E-state index < -0.39 is 0 Å². The first-order valence-electron chi connectivity index (χ1n) is 6.22. The van der Waals surface area contributed by atoms with Crippen LogP contribution in [0.1, 0.15) is 37.7 Å². The maximum Gasteiger partial charge on any atom is 0.0178 e. The highest BCUT2D eigenvalue weighted by Crippen LogP contribution is 2.25. The van der Waals surface area contributed by atoms with Gasteiger partial charge in [-0.1, -0.05) is 41.4 Å². The molecule has 1 fully saturated rings. The molecule has 1 unspecified atom stereocenters. The SMILES string of the molecule is CC(CNCC1CCC1)c1cccc(Br)c1. The van der Waals surface area contributed by atoms with Gasteiger partial charge in [-0.05, 0) is 48.9 Å². The third-order valence-electron chi connectivity index (χ3n) is 3.53. The molecule has 1 aromatic carbocycles. The molecule has 0 heterocycles. The maximum atomic E-state index is 3.59. The predicted molar refractivity (Wildman–Crippen MR) is 72.8 cm³/mol. The summed E-state index contributed by atoms with van der Waals surface area (Å²) in [7, 11) is 0. The minimum atomic E-state index is 0.595. The van der Waals surface area contributed by atoms with E-state index in [4.69, 9.17) is 0 Å². The number of nitrogens with one attached hydrogen (secondary N) is 1. The van der Waals surface area contributed by atoms with Crippen LogP contribution in [0.4, 0.5) is 0 Å². The van der Waals surface area contributed by atoms with Gasteiger partial charge in [-0.2, -0.15) is 0 Å². The largest absolute Gasteiger partial charge is 0.316 e. The van der Waals surface area contributed by atoms with Crippen molar-refractivity contribution < 1.29 is 0 Å². The van der Waals surface area contributed by atoms with Crippen LogP contribution in [0.25, 0.3) is 0 Å². The van der Waals surface area contributed by atoms with E-state index in [1.807, 2.05) is 0 Å². The highest BCUT2D eigenvalue weighted by Gasteiger charge is 2.16. The molecule has 0 spiro atoms. The second-order valence-electron chi connectivity index (χ2n) is 4.91. The highest BCUT2D eigenvalue weighted by atomic mass is 79.9. The molecule has 0 bridgehead atoms. The Balaban J connectivity index is 1.76. The fourth-order valence-corrected chi connectivity index (χ4v) is 2.55. The summed E-state index contributed by atoms with van der Waals surface area (Å²) in [6.07, 6.45) is 4.30. The van der Waals surface area contributed by atoms with Gasteiger partial charge in [0.2, 0.25) is 0 Å². The molecule has 2 heteroatoms. The fraction of sp³-hybridized carbons (Fsp3) is 0.571. The van der Waals surface area contributed by atoms with Gasteiger partial charge in [0.25, 0.3) is 0 Å². The molecule has 1 aromatic rings. The summed E-state index contributed by atoms with van der Waals surface area (Å²) in [5, 5.41) is 3.59. The van der Waals surface area contributed by atoms with E-state index >= 15 is 0 Å². The minimum Gasteiger partial charge on any atom is -0.316 e. The average Bonchev–Trinajstić information content (AvgIpc) is 2.21. The third kappa shape index (κ3) is 3.33. The summed E-state index contributed by atoms with van der Waals surface area (Å²) in [5.74, 6) is 1.55. The zero-order valence-corrected chi connectivity index (χ0v) is 11.5. The first kappa shape index (κ1) is 12.1. The molecular formula is C14H20BrN. The van der Waals surface area contributed by atoms with Crippen molar-refractivity contribution in [3.8, 4) is 0 Å². The van der Waals surface area contributed by atoms with Gasteiger partial charge < -0.3 is 5.32 Å². The quantitative estimate of drug-likeness (QED) is 0.862. The molecule has 1 N–H and O–H groups in total. The van der Waals surface area contributed by atoms with Gasteiger partial charge in [-0.3, -0.25) is 0 Å². The first-order valence-corrected chi connectivity index (χ1v) is 7.01. The van der Waals surface area contributed by atoms with E-state index in [9.17, 15) is 0 Å². The minimum absolute atomic E-state index is 0.595. The molecule has 0 aliphatic heterocycles. The second kappa shape index (κ2) is 5.83. The lowest BCUT2D eigenvalue weighted by atomic mass is 9.85. The van der Waals surface area contributed by atoms with Crippen molar-refractivity contribution in [2.24, 2.45) is 5.92 Å². The number of rotatable bonds is 5. The van der Waals surface area contributed by atoms with Crippen molar-refractivity contribution in [2.75, 3.05) is 13.1 Å². The van der Waals surface area contributed by atoms with Gasteiger partial charge in [0.15, 0.2) is 0 Å². The molecule has 0 saturated heterocycles. The Morgan fingerprint density at radius 1 is 1.44 bits per heavy atom. The van der Waals surface area contributed by atoms with Crippen molar-refractivity contribution >= 4 is 15.9 Å². The van der Waals surface area contributed by atoms with Crippen molar-refractivity contribution in [1.29, 1.82) is 0 Å². The van der Waals surface area contributed by atoms with E-state index in [1.165, 1.54) is 35.8 Å². The van der Waals surface area contributed by atoms with Crippen molar-refractivity contribution in [1.82, 2.24) is 5.32 Å². The first-order chi connectivity index (χ1) is 7.75. The molecular weight excluding hydrogens is 262 g/mol. The molecule has 0 amide bonds. The summed E-state index contributed by atoms with van der Waals surface area (Å²) in [6.45, 7) is 4.58. The maximum absolute atomic E-state index is 3.59. The Morgan fingerprint density at radius 2 is 2.25 bits per heavy atom. The van der Waals surface area contributed by atoms with Crippen LogP contribution in [0.15, 0.2) is 28.7 Å². The van der Waals surface area contributed by atoms with Crippen LogP contribution in [0.3, 0.4) is 0 Å². The second-order valence-corrected chi connectivity index (χ2v) is 5.83. The van der Waals surface area contributed by atoms with E-state index in [0.717, 1.165) is 12.5 Å². The Bertz CT molecular complexity index is 333. The Labute approximate surface area is 107 Å². The zero-order chi connectivity index (χ0) is 11.4. The normalized spacial score (nSPS) is 18.1. The van der Waals surface area contributed by atoms with Crippen LogP contribution >= 0.6 is 15.9 Å². The fourth-order valence-electron chi connectivity index (χ4n) is 2.13. The Kier molecular flexibility index (Phi) is 4.42. The zero-order valence-electron chi connectivity index (χ0n) is 9.88. The molecule has 1 aliphatic carbocycles. The summed E-state index contributed by atoms with van der Waals surface area (Å²) in [5.41, 5.74) is 1.41. The van der Waals surface area contributed by atoms with E-state index in [1.54, 1.807) is 0 Å². The molecule has 0 radical (unpaired) electrons. The lowest BCUT2D eigenvalue weighted by molar-refractivity contribution is 0.300. The molecule has 2 rings (SSSR count). The number of benzene rings is 1. The van der Waals surface area contributed by atoms with Crippen molar-refractivity contribution in [3.05, 3.63) is 34.3 Å². The van der Waals surface area contributed by atoms with Crippen LogP contribution in [-0.2, 0) is 0 Å². The summed E-state index contributed by atoms with van der Waals surface area (Å²) < 4.78 is 1.18. The van der Waals surface area contributed by atoms with Crippen molar-refractivity contribution in [2.45, 2.75) is 32.1 Å². The lowest BCUT2D eigenvalue weighted by Gasteiger charge is -2.26. The molecule has 1 atom stereocenters. The van der Waals surface area contributed by atoms with Gasteiger partial charge in [0.05, 0.1) is 0 Å². The monoisotopic (exact) mass is 281 g/mol. The van der Waals surface area contributed by atoms with Gasteiger partial charge in [-0.25, -0.2) is 0 Å². The van der Waals surface area contributed by atoms with Gasteiger partial charge >= 0.3 is 0 Å². The summed E-state index contributed by atoms with van der Waals surface area (Å²) in [6, 6.07) is 8.62. The molecule has 16 heavy (non-hydrogen) atoms. The smallest absolute Gasteiger partial charge is 0.0178 e. The summed E-state index contributed by atoms with van der Waals surface area (Å²) >= 11 is 3.52. The number of hydrogen-bond acceptors (Lipinski definition) is 1. The number of hydrogen-bond donors (Lipinski definition) is 1. The lowest BCUT2D eigenvalue weighted by Crippen LogP contribution is -2.29. The Hall–Kier alpha value is -0.340. The Morgan fingerprint density at radius 3 is 2.88 bits per heavy atom.